The van der Waals surface area contributed by atoms with Crippen molar-refractivity contribution in [1.29, 1.82) is 0 Å². The minimum Gasteiger partial charge on any atom is -0.496 e. The third-order valence-electron chi connectivity index (χ3n) is 6.03. The number of ether oxygens (including phenoxy) is 3. The number of likely N-dealkylation sites (tertiary alicyclic amines) is 1. The molecule has 1 saturated heterocycles. The average molecular weight is 432 g/mol. The third-order valence-corrected chi connectivity index (χ3v) is 6.03. The molecule has 0 N–H and O–H groups in total. The highest BCUT2D eigenvalue weighted by atomic mass is 16.5. The smallest absolute Gasteiger partial charge is 0.137 e. The minimum atomic E-state index is -0.149. The summed E-state index contributed by atoms with van der Waals surface area (Å²) in [6, 6.07) is 23.5. The number of nitrogens with zero attached hydrogens (tertiary/aromatic N) is 1. The molecule has 0 amide bonds. The highest BCUT2D eigenvalue weighted by Crippen LogP contribution is 2.43. The predicted octanol–water partition coefficient (Wildman–Crippen LogP) is 5.79. The van der Waals surface area contributed by atoms with E-state index in [0.29, 0.717) is 6.54 Å². The molecule has 166 valence electrons. The van der Waals surface area contributed by atoms with Gasteiger partial charge in [-0.1, -0.05) is 36.4 Å². The van der Waals surface area contributed by atoms with Crippen LogP contribution in [0.15, 0.2) is 72.8 Å². The van der Waals surface area contributed by atoms with Crippen LogP contribution in [0.2, 0.25) is 0 Å². The molecule has 0 radical (unpaired) electrons. The Balaban J connectivity index is 1.59. The first-order valence-electron chi connectivity index (χ1n) is 11.0. The second kappa shape index (κ2) is 10.3. The zero-order chi connectivity index (χ0) is 22.3. The number of carbonyl (C=O) groups excluding carboxylic acids is 1. The summed E-state index contributed by atoms with van der Waals surface area (Å²) < 4.78 is 17.3. The second-order valence-corrected chi connectivity index (χ2v) is 7.96. The van der Waals surface area contributed by atoms with E-state index in [1.165, 1.54) is 0 Å². The molecular weight excluding hydrogens is 402 g/mol. The first kappa shape index (κ1) is 21.9. The number of hydrogen-bond acceptors (Lipinski definition) is 5. The summed E-state index contributed by atoms with van der Waals surface area (Å²) in [4.78, 5) is 14.2. The van der Waals surface area contributed by atoms with Crippen LogP contribution in [0.5, 0.6) is 23.0 Å². The van der Waals surface area contributed by atoms with Gasteiger partial charge in [0.05, 0.1) is 25.8 Å². The summed E-state index contributed by atoms with van der Waals surface area (Å²) in [5, 5.41) is 0. The molecule has 3 aromatic rings. The van der Waals surface area contributed by atoms with Crippen LogP contribution in [0, 0.1) is 0 Å². The van der Waals surface area contributed by atoms with Gasteiger partial charge in [0.25, 0.3) is 0 Å². The van der Waals surface area contributed by atoms with Gasteiger partial charge in [0, 0.05) is 12.6 Å². The van der Waals surface area contributed by atoms with E-state index in [2.05, 4.69) is 17.0 Å². The molecule has 5 heteroatoms. The Morgan fingerprint density at radius 2 is 1.50 bits per heavy atom. The van der Waals surface area contributed by atoms with Crippen molar-refractivity contribution in [2.24, 2.45) is 0 Å². The van der Waals surface area contributed by atoms with E-state index in [1.54, 1.807) is 14.2 Å². The number of methoxy groups -OCH3 is 2. The lowest BCUT2D eigenvalue weighted by molar-refractivity contribution is -0.115. The van der Waals surface area contributed by atoms with Crippen molar-refractivity contribution in [2.45, 2.75) is 37.9 Å². The molecule has 4 rings (SSSR count). The van der Waals surface area contributed by atoms with Crippen LogP contribution in [-0.4, -0.2) is 31.4 Å². The highest BCUT2D eigenvalue weighted by Gasteiger charge is 2.34. The molecule has 1 fully saturated rings. The number of piperidine rings is 1. The van der Waals surface area contributed by atoms with Crippen molar-refractivity contribution in [1.82, 2.24) is 4.90 Å². The molecule has 2 unspecified atom stereocenters. The van der Waals surface area contributed by atoms with Crippen LogP contribution < -0.4 is 14.2 Å². The van der Waals surface area contributed by atoms with E-state index >= 15 is 0 Å². The van der Waals surface area contributed by atoms with Crippen molar-refractivity contribution in [3.05, 3.63) is 83.9 Å². The molecule has 1 aliphatic rings. The van der Waals surface area contributed by atoms with Crippen molar-refractivity contribution < 1.29 is 19.0 Å². The van der Waals surface area contributed by atoms with Crippen molar-refractivity contribution in [3.63, 3.8) is 0 Å². The number of aldehydes is 1. The lowest BCUT2D eigenvalue weighted by Gasteiger charge is -2.41. The molecular formula is C27H29NO4. The lowest BCUT2D eigenvalue weighted by atomic mass is 9.89. The zero-order valence-electron chi connectivity index (χ0n) is 18.6. The standard InChI is InChI=1S/C27H29NO4/c1-30-25-12-7-13-26(31-2)27(25)24-11-6-8-21(19-29)28(24)18-20-14-16-23(17-15-20)32-22-9-4-3-5-10-22/h3-5,7,9-10,12-17,19,21,24H,6,8,11,18H2,1-2H3. The number of hydrogen-bond donors (Lipinski definition) is 0. The molecule has 0 aromatic heterocycles. The monoisotopic (exact) mass is 431 g/mol. The Labute approximate surface area is 189 Å². The van der Waals surface area contributed by atoms with E-state index in [9.17, 15) is 4.79 Å². The molecule has 0 spiro atoms. The van der Waals surface area contributed by atoms with Crippen molar-refractivity contribution in [2.75, 3.05) is 14.2 Å². The van der Waals surface area contributed by atoms with Gasteiger partial charge >= 0.3 is 0 Å². The molecule has 1 heterocycles. The number of para-hydroxylation sites is 1. The van der Waals surface area contributed by atoms with Crippen LogP contribution in [-0.2, 0) is 11.3 Å². The van der Waals surface area contributed by atoms with E-state index < -0.39 is 0 Å². The summed E-state index contributed by atoms with van der Waals surface area (Å²) in [6.45, 7) is 0.654. The van der Waals surface area contributed by atoms with Crippen LogP contribution in [0.4, 0.5) is 0 Å². The maximum atomic E-state index is 12.0. The fraction of sp³-hybridized carbons (Fsp3) is 0.296. The van der Waals surface area contributed by atoms with Gasteiger partial charge in [-0.2, -0.15) is 0 Å². The fourth-order valence-corrected chi connectivity index (χ4v) is 4.47. The zero-order valence-corrected chi connectivity index (χ0v) is 18.6. The Bertz CT molecular complexity index is 997. The van der Waals surface area contributed by atoms with Gasteiger partial charge in [-0.3, -0.25) is 4.90 Å². The molecule has 0 bridgehead atoms. The molecule has 32 heavy (non-hydrogen) atoms. The summed E-state index contributed by atoms with van der Waals surface area (Å²) in [5.41, 5.74) is 2.13. The Kier molecular flexibility index (Phi) is 7.07. The summed E-state index contributed by atoms with van der Waals surface area (Å²) in [5.74, 6) is 3.17. The van der Waals surface area contributed by atoms with Gasteiger partial charge in [0.1, 0.15) is 29.3 Å². The number of carbonyl (C=O) groups is 1. The van der Waals surface area contributed by atoms with Crippen LogP contribution in [0.3, 0.4) is 0 Å². The lowest BCUT2D eigenvalue weighted by Crippen LogP contribution is -2.42. The van der Waals surface area contributed by atoms with Gasteiger partial charge in [-0.05, 0) is 61.2 Å². The van der Waals surface area contributed by atoms with Crippen LogP contribution >= 0.6 is 0 Å². The quantitative estimate of drug-likeness (QED) is 0.423. The highest BCUT2D eigenvalue weighted by molar-refractivity contribution is 5.59. The normalized spacial score (nSPS) is 18.7. The summed E-state index contributed by atoms with van der Waals surface area (Å²) in [6.07, 6.45) is 3.85. The molecule has 5 nitrogen and oxygen atoms in total. The van der Waals surface area contributed by atoms with Gasteiger partial charge in [0.15, 0.2) is 0 Å². The molecule has 1 aliphatic heterocycles. The molecule has 0 aliphatic carbocycles. The third kappa shape index (κ3) is 4.78. The average Bonchev–Trinajstić information content (AvgIpc) is 2.85. The number of benzene rings is 3. The summed E-state index contributed by atoms with van der Waals surface area (Å²) >= 11 is 0. The summed E-state index contributed by atoms with van der Waals surface area (Å²) in [7, 11) is 3.35. The molecule has 3 aromatic carbocycles. The molecule has 0 saturated carbocycles. The Morgan fingerprint density at radius 1 is 0.844 bits per heavy atom. The fourth-order valence-electron chi connectivity index (χ4n) is 4.47. The van der Waals surface area contributed by atoms with Gasteiger partial charge < -0.3 is 19.0 Å². The topological polar surface area (TPSA) is 48.0 Å². The minimum absolute atomic E-state index is 0.0327. The van der Waals surface area contributed by atoms with E-state index in [-0.39, 0.29) is 12.1 Å². The first-order chi connectivity index (χ1) is 15.7. The maximum absolute atomic E-state index is 12.0. The van der Waals surface area contributed by atoms with Gasteiger partial charge in [0.2, 0.25) is 0 Å². The van der Waals surface area contributed by atoms with E-state index in [1.807, 2.05) is 60.7 Å². The van der Waals surface area contributed by atoms with Crippen molar-refractivity contribution >= 4 is 6.29 Å². The van der Waals surface area contributed by atoms with Crippen LogP contribution in [0.25, 0.3) is 0 Å². The van der Waals surface area contributed by atoms with Gasteiger partial charge in [-0.15, -0.1) is 0 Å². The van der Waals surface area contributed by atoms with E-state index in [0.717, 1.165) is 59.7 Å². The predicted molar refractivity (Wildman–Crippen MR) is 124 cm³/mol. The Morgan fingerprint density at radius 3 is 2.12 bits per heavy atom. The number of rotatable bonds is 8. The van der Waals surface area contributed by atoms with Crippen molar-refractivity contribution in [3.8, 4) is 23.0 Å². The SMILES string of the molecule is COc1cccc(OC)c1C1CCCC(C=O)N1Cc1ccc(Oc2ccccc2)cc1. The first-order valence-corrected chi connectivity index (χ1v) is 11.0. The maximum Gasteiger partial charge on any atom is 0.137 e. The Hall–Kier alpha value is -3.31. The largest absolute Gasteiger partial charge is 0.496 e. The second-order valence-electron chi connectivity index (χ2n) is 7.96. The van der Waals surface area contributed by atoms with Crippen LogP contribution in [0.1, 0.15) is 36.4 Å². The van der Waals surface area contributed by atoms with Gasteiger partial charge in [-0.25, -0.2) is 0 Å². The van der Waals surface area contributed by atoms with E-state index in [4.69, 9.17) is 14.2 Å². The molecule has 2 atom stereocenters.